The van der Waals surface area contributed by atoms with Gasteiger partial charge >= 0.3 is 0 Å². The van der Waals surface area contributed by atoms with Crippen LogP contribution in [0.1, 0.15) is 42.4 Å². The maximum Gasteiger partial charge on any atom is 0.277 e. The lowest BCUT2D eigenvalue weighted by atomic mass is 10.1. The first-order chi connectivity index (χ1) is 10.8. The van der Waals surface area contributed by atoms with Gasteiger partial charge in [-0.15, -0.1) is 0 Å². The minimum Gasteiger partial charge on any atom is -0.361 e. The second-order valence-corrected chi connectivity index (χ2v) is 5.44. The molecular formula is C16H20N4O2. The van der Waals surface area contributed by atoms with E-state index in [1.54, 1.807) is 18.3 Å². The van der Waals surface area contributed by atoms with Gasteiger partial charge in [-0.05, 0) is 25.3 Å². The van der Waals surface area contributed by atoms with Gasteiger partial charge in [0.1, 0.15) is 11.6 Å². The number of rotatable bonds is 4. The number of nitrogens with zero attached hydrogens (tertiary/aromatic N) is 3. The van der Waals surface area contributed by atoms with Gasteiger partial charge in [0.15, 0.2) is 5.69 Å². The Morgan fingerprint density at radius 2 is 2.14 bits per heavy atom. The van der Waals surface area contributed by atoms with Crippen LogP contribution in [0.3, 0.4) is 0 Å². The van der Waals surface area contributed by atoms with Crippen molar-refractivity contribution in [1.29, 1.82) is 0 Å². The van der Waals surface area contributed by atoms with Crippen LogP contribution in [0.2, 0.25) is 0 Å². The van der Waals surface area contributed by atoms with E-state index in [1.807, 2.05) is 13.0 Å². The number of hydrogen-bond acceptors (Lipinski definition) is 5. The number of nitrogens with one attached hydrogen (secondary N) is 1. The Morgan fingerprint density at radius 3 is 2.86 bits per heavy atom. The number of carbonyl (C=O) groups is 1. The van der Waals surface area contributed by atoms with Gasteiger partial charge < -0.3 is 14.7 Å². The molecule has 3 rings (SSSR count). The first-order valence-corrected chi connectivity index (χ1v) is 7.74. The topological polar surface area (TPSA) is 71.3 Å². The predicted molar refractivity (Wildman–Crippen MR) is 84.1 cm³/mol. The number of aryl methyl sites for hydroxylation is 1. The first-order valence-electron chi connectivity index (χ1n) is 7.74. The van der Waals surface area contributed by atoms with Crippen molar-refractivity contribution in [2.45, 2.75) is 32.6 Å². The molecule has 6 heteroatoms. The van der Waals surface area contributed by atoms with Crippen LogP contribution < -0.4 is 10.2 Å². The molecule has 0 atom stereocenters. The Hall–Kier alpha value is -2.37. The number of hydrogen-bond donors (Lipinski definition) is 1. The fraction of sp³-hybridized carbons (Fsp3) is 0.438. The van der Waals surface area contributed by atoms with Crippen molar-refractivity contribution in [2.75, 3.05) is 23.3 Å². The summed E-state index contributed by atoms with van der Waals surface area (Å²) in [7, 11) is 0. The molecule has 0 aliphatic carbocycles. The van der Waals surface area contributed by atoms with Crippen molar-refractivity contribution in [3.8, 4) is 0 Å². The minimum atomic E-state index is -0.265. The number of anilines is 2. The smallest absolute Gasteiger partial charge is 0.277 e. The number of piperidine rings is 1. The van der Waals surface area contributed by atoms with Crippen LogP contribution in [0, 0.1) is 0 Å². The van der Waals surface area contributed by atoms with E-state index in [-0.39, 0.29) is 5.91 Å². The SMILES string of the molecule is CCc1cc(C(=O)Nc2ccnc(N3CCCCC3)c2)no1. The molecule has 2 aromatic rings. The summed E-state index contributed by atoms with van der Waals surface area (Å²) in [6.07, 6.45) is 6.10. The average molecular weight is 300 g/mol. The Labute approximate surface area is 129 Å². The van der Waals surface area contributed by atoms with E-state index in [9.17, 15) is 4.79 Å². The van der Waals surface area contributed by atoms with Crippen LogP contribution in [0.4, 0.5) is 11.5 Å². The standard InChI is InChI=1S/C16H20N4O2/c1-2-13-11-14(19-22-13)16(21)18-12-6-7-17-15(10-12)20-8-4-3-5-9-20/h6-7,10-11H,2-5,8-9H2,1H3,(H,17,18,21). The van der Waals surface area contributed by atoms with Crippen LogP contribution in [0.5, 0.6) is 0 Å². The summed E-state index contributed by atoms with van der Waals surface area (Å²) >= 11 is 0. The van der Waals surface area contributed by atoms with E-state index in [0.717, 1.165) is 24.6 Å². The van der Waals surface area contributed by atoms with Gasteiger partial charge in [0.05, 0.1) is 0 Å². The van der Waals surface area contributed by atoms with Gasteiger partial charge in [-0.25, -0.2) is 4.98 Å². The van der Waals surface area contributed by atoms with E-state index in [1.165, 1.54) is 19.3 Å². The largest absolute Gasteiger partial charge is 0.361 e. The van der Waals surface area contributed by atoms with Gasteiger partial charge in [0.2, 0.25) is 0 Å². The molecule has 1 saturated heterocycles. The summed E-state index contributed by atoms with van der Waals surface area (Å²) in [6, 6.07) is 5.36. The highest BCUT2D eigenvalue weighted by Gasteiger charge is 2.15. The van der Waals surface area contributed by atoms with Gasteiger partial charge in [-0.2, -0.15) is 0 Å². The summed E-state index contributed by atoms with van der Waals surface area (Å²) in [6.45, 7) is 4.00. The second kappa shape index (κ2) is 6.60. The third-order valence-corrected chi connectivity index (χ3v) is 3.82. The Morgan fingerprint density at radius 1 is 1.32 bits per heavy atom. The molecule has 0 spiro atoms. The lowest BCUT2D eigenvalue weighted by Gasteiger charge is -2.27. The molecule has 1 fully saturated rings. The van der Waals surface area contributed by atoms with Crippen molar-refractivity contribution in [2.24, 2.45) is 0 Å². The van der Waals surface area contributed by atoms with Gasteiger partial charge in [-0.3, -0.25) is 4.79 Å². The molecule has 0 saturated carbocycles. The van der Waals surface area contributed by atoms with Crippen molar-refractivity contribution < 1.29 is 9.32 Å². The lowest BCUT2D eigenvalue weighted by molar-refractivity contribution is 0.101. The van der Waals surface area contributed by atoms with E-state index < -0.39 is 0 Å². The molecular weight excluding hydrogens is 280 g/mol. The summed E-state index contributed by atoms with van der Waals surface area (Å²) in [5.41, 5.74) is 1.02. The number of aromatic nitrogens is 2. The Bertz CT molecular complexity index is 647. The molecule has 0 aromatic carbocycles. The first kappa shape index (κ1) is 14.6. The fourth-order valence-electron chi connectivity index (χ4n) is 2.57. The molecule has 1 aliphatic rings. The van der Waals surface area contributed by atoms with E-state index in [4.69, 9.17) is 4.52 Å². The number of carbonyl (C=O) groups excluding carboxylic acids is 1. The zero-order valence-corrected chi connectivity index (χ0v) is 12.7. The summed E-state index contributed by atoms with van der Waals surface area (Å²) in [4.78, 5) is 18.8. The van der Waals surface area contributed by atoms with E-state index >= 15 is 0 Å². The van der Waals surface area contributed by atoms with Crippen molar-refractivity contribution in [1.82, 2.24) is 10.1 Å². The highest BCUT2D eigenvalue weighted by atomic mass is 16.5. The minimum absolute atomic E-state index is 0.265. The molecule has 6 nitrogen and oxygen atoms in total. The van der Waals surface area contributed by atoms with Crippen molar-refractivity contribution >= 4 is 17.4 Å². The zero-order valence-electron chi connectivity index (χ0n) is 12.7. The molecule has 1 N–H and O–H groups in total. The maximum atomic E-state index is 12.2. The van der Waals surface area contributed by atoms with Crippen LogP contribution in [-0.4, -0.2) is 29.1 Å². The molecule has 116 valence electrons. The van der Waals surface area contributed by atoms with Crippen LogP contribution >= 0.6 is 0 Å². The number of pyridine rings is 1. The third-order valence-electron chi connectivity index (χ3n) is 3.82. The van der Waals surface area contributed by atoms with Crippen LogP contribution in [0.15, 0.2) is 28.9 Å². The monoisotopic (exact) mass is 300 g/mol. The highest BCUT2D eigenvalue weighted by Crippen LogP contribution is 2.21. The van der Waals surface area contributed by atoms with Gasteiger partial charge in [0.25, 0.3) is 5.91 Å². The highest BCUT2D eigenvalue weighted by molar-refractivity contribution is 6.02. The Balaban J connectivity index is 1.70. The molecule has 3 heterocycles. The quantitative estimate of drug-likeness (QED) is 0.940. The van der Waals surface area contributed by atoms with Crippen molar-refractivity contribution in [3.05, 3.63) is 35.9 Å². The van der Waals surface area contributed by atoms with Gasteiger partial charge in [-0.1, -0.05) is 12.1 Å². The molecule has 0 unspecified atom stereocenters. The molecule has 0 bridgehead atoms. The maximum absolute atomic E-state index is 12.2. The molecule has 2 aromatic heterocycles. The predicted octanol–water partition coefficient (Wildman–Crippen LogP) is 2.87. The summed E-state index contributed by atoms with van der Waals surface area (Å²) in [5.74, 6) is 1.35. The molecule has 1 amide bonds. The average Bonchev–Trinajstić information content (AvgIpc) is 3.05. The fourth-order valence-corrected chi connectivity index (χ4v) is 2.57. The van der Waals surface area contributed by atoms with Crippen LogP contribution in [-0.2, 0) is 6.42 Å². The van der Waals surface area contributed by atoms with E-state index in [2.05, 4.69) is 20.4 Å². The van der Waals surface area contributed by atoms with Gasteiger partial charge in [0, 0.05) is 43.5 Å². The zero-order chi connectivity index (χ0) is 15.4. The van der Waals surface area contributed by atoms with E-state index in [0.29, 0.717) is 17.9 Å². The number of amides is 1. The third kappa shape index (κ3) is 3.27. The van der Waals surface area contributed by atoms with Crippen molar-refractivity contribution in [3.63, 3.8) is 0 Å². The summed E-state index contributed by atoms with van der Waals surface area (Å²) < 4.78 is 5.06. The lowest BCUT2D eigenvalue weighted by Crippen LogP contribution is -2.30. The normalized spacial score (nSPS) is 14.9. The molecule has 22 heavy (non-hydrogen) atoms. The second-order valence-electron chi connectivity index (χ2n) is 5.44. The Kier molecular flexibility index (Phi) is 4.37. The summed E-state index contributed by atoms with van der Waals surface area (Å²) in [5, 5.41) is 6.63. The molecule has 0 radical (unpaired) electrons. The van der Waals surface area contributed by atoms with Crippen LogP contribution in [0.25, 0.3) is 0 Å². The molecule has 1 aliphatic heterocycles.